The van der Waals surface area contributed by atoms with Crippen molar-refractivity contribution >= 4 is 15.9 Å². The summed E-state index contributed by atoms with van der Waals surface area (Å²) in [7, 11) is -2.10. The Kier molecular flexibility index (Phi) is 5.58. The van der Waals surface area contributed by atoms with Crippen LogP contribution in [0.3, 0.4) is 0 Å². The average Bonchev–Trinajstić information content (AvgIpc) is 2.36. The third-order valence-corrected chi connectivity index (χ3v) is 3.67. The van der Waals surface area contributed by atoms with Gasteiger partial charge in [0.15, 0.2) is 0 Å². The van der Waals surface area contributed by atoms with Crippen molar-refractivity contribution in [2.75, 3.05) is 18.3 Å². The van der Waals surface area contributed by atoms with Crippen LogP contribution in [0.1, 0.15) is 31.9 Å². The molecule has 1 aromatic rings. The van der Waals surface area contributed by atoms with Gasteiger partial charge in [-0.3, -0.25) is 4.72 Å². The molecule has 18 heavy (non-hydrogen) atoms. The number of para-hydroxylation sites is 1. The molecule has 0 heterocycles. The van der Waals surface area contributed by atoms with Crippen LogP contribution in [0, 0.1) is 0 Å². The molecular formula is C12H21N3O2S. The van der Waals surface area contributed by atoms with E-state index >= 15 is 0 Å². The molecule has 3 N–H and O–H groups in total. The summed E-state index contributed by atoms with van der Waals surface area (Å²) >= 11 is 0. The van der Waals surface area contributed by atoms with Gasteiger partial charge in [-0.2, -0.15) is 8.42 Å². The topological polar surface area (TPSA) is 70.2 Å². The van der Waals surface area contributed by atoms with Gasteiger partial charge in [-0.15, -0.1) is 0 Å². The van der Waals surface area contributed by atoms with Gasteiger partial charge in [0, 0.05) is 13.1 Å². The van der Waals surface area contributed by atoms with E-state index in [2.05, 4.69) is 21.7 Å². The number of rotatable bonds is 7. The van der Waals surface area contributed by atoms with Crippen LogP contribution in [-0.4, -0.2) is 22.0 Å². The molecule has 102 valence electrons. The molecule has 0 spiro atoms. The number of benzene rings is 1. The molecular weight excluding hydrogens is 250 g/mol. The monoisotopic (exact) mass is 271 g/mol. The van der Waals surface area contributed by atoms with Gasteiger partial charge in [0.2, 0.25) is 0 Å². The standard InChI is InChI=1S/C12H21N3O2S/c1-4-9-14-10(2)11-7-5-6-8-12(11)15-18(16,17)13-3/h5-8,10,13-15H,4,9H2,1-3H3. The molecule has 1 atom stereocenters. The summed E-state index contributed by atoms with van der Waals surface area (Å²) in [5, 5.41) is 3.34. The first-order chi connectivity index (χ1) is 8.50. The third-order valence-electron chi connectivity index (χ3n) is 2.64. The zero-order valence-electron chi connectivity index (χ0n) is 11.0. The Hall–Kier alpha value is -1.11. The third kappa shape index (κ3) is 4.29. The van der Waals surface area contributed by atoms with Gasteiger partial charge in [0.25, 0.3) is 10.2 Å². The van der Waals surface area contributed by atoms with Gasteiger partial charge in [0.1, 0.15) is 0 Å². The first kappa shape index (κ1) is 14.9. The Morgan fingerprint density at radius 3 is 2.56 bits per heavy atom. The van der Waals surface area contributed by atoms with Crippen molar-refractivity contribution in [3.05, 3.63) is 29.8 Å². The maximum Gasteiger partial charge on any atom is 0.298 e. The van der Waals surface area contributed by atoms with E-state index in [1.807, 2.05) is 25.1 Å². The van der Waals surface area contributed by atoms with Crippen molar-refractivity contribution in [3.8, 4) is 0 Å². The molecule has 1 aromatic carbocycles. The van der Waals surface area contributed by atoms with E-state index in [4.69, 9.17) is 0 Å². The van der Waals surface area contributed by atoms with E-state index in [0.717, 1.165) is 18.5 Å². The van der Waals surface area contributed by atoms with Crippen LogP contribution in [0.25, 0.3) is 0 Å². The van der Waals surface area contributed by atoms with Crippen molar-refractivity contribution < 1.29 is 8.42 Å². The minimum Gasteiger partial charge on any atom is -0.310 e. The summed E-state index contributed by atoms with van der Waals surface area (Å²) < 4.78 is 27.8. The summed E-state index contributed by atoms with van der Waals surface area (Å²) in [6.07, 6.45) is 1.04. The van der Waals surface area contributed by atoms with Crippen LogP contribution in [0.5, 0.6) is 0 Å². The van der Waals surface area contributed by atoms with Gasteiger partial charge in [-0.05, 0) is 31.5 Å². The molecule has 0 fully saturated rings. The van der Waals surface area contributed by atoms with E-state index in [1.54, 1.807) is 6.07 Å². The van der Waals surface area contributed by atoms with Crippen LogP contribution in [0.4, 0.5) is 5.69 Å². The molecule has 0 aromatic heterocycles. The summed E-state index contributed by atoms with van der Waals surface area (Å²) in [6.45, 7) is 5.01. The van der Waals surface area contributed by atoms with Gasteiger partial charge in [-0.25, -0.2) is 4.72 Å². The quantitative estimate of drug-likeness (QED) is 0.706. The predicted molar refractivity (Wildman–Crippen MR) is 74.8 cm³/mol. The molecule has 0 saturated carbocycles. The highest BCUT2D eigenvalue weighted by atomic mass is 32.2. The van der Waals surface area contributed by atoms with Gasteiger partial charge in [0.05, 0.1) is 5.69 Å². The largest absolute Gasteiger partial charge is 0.310 e. The van der Waals surface area contributed by atoms with Crippen LogP contribution in [0.2, 0.25) is 0 Å². The summed E-state index contributed by atoms with van der Waals surface area (Å²) in [6, 6.07) is 7.48. The Bertz CT molecular complexity index is 474. The summed E-state index contributed by atoms with van der Waals surface area (Å²) in [4.78, 5) is 0. The SMILES string of the molecule is CCCNC(C)c1ccccc1NS(=O)(=O)NC. The lowest BCUT2D eigenvalue weighted by Gasteiger charge is -2.18. The maximum atomic E-state index is 11.5. The second-order valence-electron chi connectivity index (χ2n) is 4.07. The molecule has 1 unspecified atom stereocenters. The Labute approximate surface area is 109 Å². The van der Waals surface area contributed by atoms with E-state index in [0.29, 0.717) is 5.69 Å². The number of anilines is 1. The molecule has 1 rings (SSSR count). The van der Waals surface area contributed by atoms with Crippen LogP contribution in [0.15, 0.2) is 24.3 Å². The fourth-order valence-electron chi connectivity index (χ4n) is 1.63. The highest BCUT2D eigenvalue weighted by Crippen LogP contribution is 2.23. The molecule has 0 aliphatic rings. The Morgan fingerprint density at radius 1 is 1.28 bits per heavy atom. The van der Waals surface area contributed by atoms with Crippen molar-refractivity contribution in [3.63, 3.8) is 0 Å². The highest BCUT2D eigenvalue weighted by molar-refractivity contribution is 7.90. The number of nitrogens with one attached hydrogen (secondary N) is 3. The van der Waals surface area contributed by atoms with Gasteiger partial charge >= 0.3 is 0 Å². The van der Waals surface area contributed by atoms with Gasteiger partial charge < -0.3 is 5.32 Å². The number of hydrogen-bond acceptors (Lipinski definition) is 3. The molecule has 0 saturated heterocycles. The van der Waals surface area contributed by atoms with Crippen molar-refractivity contribution in [2.45, 2.75) is 26.3 Å². The second kappa shape index (κ2) is 6.72. The first-order valence-corrected chi connectivity index (χ1v) is 7.52. The lowest BCUT2D eigenvalue weighted by atomic mass is 10.1. The summed E-state index contributed by atoms with van der Waals surface area (Å²) in [5.74, 6) is 0. The van der Waals surface area contributed by atoms with E-state index < -0.39 is 10.2 Å². The predicted octanol–water partition coefficient (Wildman–Crippen LogP) is 1.62. The highest BCUT2D eigenvalue weighted by Gasteiger charge is 2.13. The number of hydrogen-bond donors (Lipinski definition) is 3. The molecule has 6 heteroatoms. The van der Waals surface area contributed by atoms with E-state index in [9.17, 15) is 8.42 Å². The van der Waals surface area contributed by atoms with E-state index in [1.165, 1.54) is 7.05 Å². The lowest BCUT2D eigenvalue weighted by molar-refractivity contribution is 0.571. The Balaban J connectivity index is 2.92. The van der Waals surface area contributed by atoms with Crippen molar-refractivity contribution in [2.24, 2.45) is 0 Å². The van der Waals surface area contributed by atoms with Crippen LogP contribution < -0.4 is 14.8 Å². The molecule has 0 amide bonds. The van der Waals surface area contributed by atoms with E-state index in [-0.39, 0.29) is 6.04 Å². The molecule has 0 aliphatic carbocycles. The maximum absolute atomic E-state index is 11.5. The normalized spacial score (nSPS) is 13.3. The Morgan fingerprint density at radius 2 is 1.94 bits per heavy atom. The smallest absolute Gasteiger partial charge is 0.298 e. The molecule has 0 aliphatic heterocycles. The van der Waals surface area contributed by atoms with Gasteiger partial charge in [-0.1, -0.05) is 25.1 Å². The van der Waals surface area contributed by atoms with Crippen LogP contribution >= 0.6 is 0 Å². The zero-order valence-corrected chi connectivity index (χ0v) is 11.8. The first-order valence-electron chi connectivity index (χ1n) is 6.03. The van der Waals surface area contributed by atoms with Crippen molar-refractivity contribution in [1.82, 2.24) is 10.0 Å². The molecule has 0 radical (unpaired) electrons. The van der Waals surface area contributed by atoms with Crippen molar-refractivity contribution in [1.29, 1.82) is 0 Å². The minimum absolute atomic E-state index is 0.0979. The minimum atomic E-state index is -3.48. The fourth-order valence-corrected chi connectivity index (χ4v) is 2.21. The lowest BCUT2D eigenvalue weighted by Crippen LogP contribution is -2.28. The zero-order chi connectivity index (χ0) is 13.6. The summed E-state index contributed by atoms with van der Waals surface area (Å²) in [5.41, 5.74) is 1.53. The van der Waals surface area contributed by atoms with Crippen LogP contribution in [-0.2, 0) is 10.2 Å². The second-order valence-corrected chi connectivity index (χ2v) is 5.69. The average molecular weight is 271 g/mol. The molecule has 0 bridgehead atoms. The fraction of sp³-hybridized carbons (Fsp3) is 0.500. The molecule has 5 nitrogen and oxygen atoms in total.